The number of nitrogens with one attached hydrogen (secondary N) is 1. The maximum absolute atomic E-state index is 13.2. The zero-order valence-electron chi connectivity index (χ0n) is 18.6. The van der Waals surface area contributed by atoms with Crippen LogP contribution in [0.5, 0.6) is 0 Å². The first-order valence-electron chi connectivity index (χ1n) is 11.2. The minimum atomic E-state index is -0.288. The largest absolute Gasteiger partial charge is 0.468 e. The van der Waals surface area contributed by atoms with Gasteiger partial charge in [0.2, 0.25) is 0 Å². The van der Waals surface area contributed by atoms with E-state index in [1.165, 1.54) is 4.68 Å². The number of benzene rings is 1. The van der Waals surface area contributed by atoms with Crippen molar-refractivity contribution in [2.75, 3.05) is 19.6 Å². The summed E-state index contributed by atoms with van der Waals surface area (Å²) in [5.41, 5.74) is 0.129. The van der Waals surface area contributed by atoms with Crippen LogP contribution in [0.2, 0.25) is 0 Å². The molecule has 7 nitrogen and oxygen atoms in total. The van der Waals surface area contributed by atoms with Gasteiger partial charge in [-0.1, -0.05) is 51.8 Å². The third-order valence-corrected chi connectivity index (χ3v) is 5.64. The fourth-order valence-corrected chi connectivity index (χ4v) is 3.89. The Bertz CT molecular complexity index is 1040. The van der Waals surface area contributed by atoms with Crippen LogP contribution in [-0.4, -0.2) is 40.2 Å². The van der Waals surface area contributed by atoms with E-state index in [0.29, 0.717) is 23.9 Å². The van der Waals surface area contributed by atoms with Crippen molar-refractivity contribution in [2.24, 2.45) is 0 Å². The standard InChI is InChI=1S/C24H32N4O3/c1-4-7-10-15-28-24(30)19-13-9-8-12-18(19)22(26-28)23(29)25-17-20(27(5-2)6-3)21-14-11-16-31-21/h8-9,11-14,16,20H,4-7,10,15,17H2,1-3H3,(H,25,29). The molecule has 3 aromatic rings. The number of furan rings is 1. The molecule has 7 heteroatoms. The van der Waals surface area contributed by atoms with Gasteiger partial charge in [0.05, 0.1) is 17.7 Å². The van der Waals surface area contributed by atoms with Gasteiger partial charge < -0.3 is 9.73 Å². The molecule has 1 amide bonds. The van der Waals surface area contributed by atoms with E-state index in [4.69, 9.17) is 4.42 Å². The normalized spacial score (nSPS) is 12.4. The van der Waals surface area contributed by atoms with Crippen molar-refractivity contribution in [2.45, 2.75) is 52.6 Å². The van der Waals surface area contributed by atoms with Crippen molar-refractivity contribution < 1.29 is 9.21 Å². The molecule has 2 heterocycles. The fraction of sp³-hybridized carbons (Fsp3) is 0.458. The van der Waals surface area contributed by atoms with Gasteiger partial charge in [-0.2, -0.15) is 5.10 Å². The summed E-state index contributed by atoms with van der Waals surface area (Å²) in [6.45, 7) is 8.85. The molecule has 0 spiro atoms. The van der Waals surface area contributed by atoms with Gasteiger partial charge in [0.15, 0.2) is 5.69 Å². The molecule has 0 saturated carbocycles. The van der Waals surface area contributed by atoms with Gasteiger partial charge >= 0.3 is 0 Å². The number of nitrogens with zero attached hydrogens (tertiary/aromatic N) is 3. The van der Waals surface area contributed by atoms with Crippen LogP contribution < -0.4 is 10.9 Å². The van der Waals surface area contributed by atoms with Crippen LogP contribution in [0.3, 0.4) is 0 Å². The van der Waals surface area contributed by atoms with Crippen molar-refractivity contribution in [3.8, 4) is 0 Å². The Morgan fingerprint density at radius 2 is 1.84 bits per heavy atom. The van der Waals surface area contributed by atoms with Gasteiger partial charge in [-0.3, -0.25) is 14.5 Å². The molecule has 2 aromatic heterocycles. The second-order valence-corrected chi connectivity index (χ2v) is 7.59. The first-order chi connectivity index (χ1) is 15.1. The number of fused-ring (bicyclic) bond motifs is 1. The molecule has 0 radical (unpaired) electrons. The van der Waals surface area contributed by atoms with Gasteiger partial charge in [-0.25, -0.2) is 4.68 Å². The number of hydrogen-bond acceptors (Lipinski definition) is 5. The van der Waals surface area contributed by atoms with Gasteiger partial charge in [-0.05, 0) is 37.7 Å². The maximum Gasteiger partial charge on any atom is 0.274 e. The van der Waals surface area contributed by atoms with E-state index in [-0.39, 0.29) is 23.2 Å². The molecule has 1 aromatic carbocycles. The number of unbranched alkanes of at least 4 members (excludes halogenated alkanes) is 2. The van der Waals surface area contributed by atoms with Crippen LogP contribution in [-0.2, 0) is 6.54 Å². The lowest BCUT2D eigenvalue weighted by Crippen LogP contribution is -2.39. The highest BCUT2D eigenvalue weighted by molar-refractivity contribution is 6.04. The Morgan fingerprint density at radius 1 is 1.10 bits per heavy atom. The van der Waals surface area contributed by atoms with Crippen LogP contribution >= 0.6 is 0 Å². The highest BCUT2D eigenvalue weighted by atomic mass is 16.3. The molecule has 166 valence electrons. The monoisotopic (exact) mass is 424 g/mol. The molecular formula is C24H32N4O3. The van der Waals surface area contributed by atoms with Gasteiger partial charge in [0.25, 0.3) is 11.5 Å². The SMILES string of the molecule is CCCCCn1nc(C(=O)NCC(c2ccco2)N(CC)CC)c2ccccc2c1=O. The van der Waals surface area contributed by atoms with Crippen molar-refractivity contribution in [1.82, 2.24) is 20.0 Å². The van der Waals surface area contributed by atoms with Crippen LogP contribution in [0.25, 0.3) is 10.8 Å². The second-order valence-electron chi connectivity index (χ2n) is 7.59. The molecule has 1 atom stereocenters. The summed E-state index contributed by atoms with van der Waals surface area (Å²) >= 11 is 0. The number of rotatable bonds is 11. The molecule has 0 aliphatic carbocycles. The molecule has 0 aliphatic rings. The number of carbonyl (C=O) groups excluding carboxylic acids is 1. The van der Waals surface area contributed by atoms with Crippen molar-refractivity contribution in [3.63, 3.8) is 0 Å². The Labute approximate surface area is 183 Å². The lowest BCUT2D eigenvalue weighted by Gasteiger charge is -2.28. The minimum absolute atomic E-state index is 0.0735. The Kier molecular flexibility index (Phi) is 8.00. The summed E-state index contributed by atoms with van der Waals surface area (Å²) in [5.74, 6) is 0.524. The molecule has 0 aliphatic heterocycles. The van der Waals surface area contributed by atoms with Crippen LogP contribution in [0.4, 0.5) is 0 Å². The number of aryl methyl sites for hydroxylation is 1. The predicted molar refractivity (Wildman–Crippen MR) is 122 cm³/mol. The first-order valence-corrected chi connectivity index (χ1v) is 11.2. The third-order valence-electron chi connectivity index (χ3n) is 5.64. The lowest BCUT2D eigenvalue weighted by atomic mass is 10.1. The van der Waals surface area contributed by atoms with Gasteiger partial charge in [0, 0.05) is 18.5 Å². The Morgan fingerprint density at radius 3 is 2.48 bits per heavy atom. The number of likely N-dealkylation sites (N-methyl/N-ethyl adjacent to an activating group) is 1. The first kappa shape index (κ1) is 22.7. The van der Waals surface area contributed by atoms with Crippen molar-refractivity contribution >= 4 is 16.7 Å². The summed E-state index contributed by atoms with van der Waals surface area (Å²) in [4.78, 5) is 28.3. The smallest absolute Gasteiger partial charge is 0.274 e. The van der Waals surface area contributed by atoms with Gasteiger partial charge in [-0.15, -0.1) is 0 Å². The quantitative estimate of drug-likeness (QED) is 0.471. The average Bonchev–Trinajstić information content (AvgIpc) is 3.32. The summed E-state index contributed by atoms with van der Waals surface area (Å²) in [5, 5.41) is 8.57. The van der Waals surface area contributed by atoms with Crippen LogP contribution in [0, 0.1) is 0 Å². The summed E-state index contributed by atoms with van der Waals surface area (Å²) in [6.07, 6.45) is 4.56. The number of amides is 1. The van der Waals surface area contributed by atoms with E-state index in [1.54, 1.807) is 18.4 Å². The summed E-state index contributed by atoms with van der Waals surface area (Å²) in [6, 6.07) is 10.9. The second kappa shape index (κ2) is 10.9. The predicted octanol–water partition coefficient (Wildman–Crippen LogP) is 3.99. The molecule has 1 unspecified atom stereocenters. The topological polar surface area (TPSA) is 80.4 Å². The fourth-order valence-electron chi connectivity index (χ4n) is 3.89. The molecule has 1 N–H and O–H groups in total. The van der Waals surface area contributed by atoms with Gasteiger partial charge in [0.1, 0.15) is 5.76 Å². The Hall–Kier alpha value is -2.93. The summed E-state index contributed by atoms with van der Waals surface area (Å²) < 4.78 is 7.06. The lowest BCUT2D eigenvalue weighted by molar-refractivity contribution is 0.0924. The summed E-state index contributed by atoms with van der Waals surface area (Å²) in [7, 11) is 0. The molecule has 0 bridgehead atoms. The van der Waals surface area contributed by atoms with E-state index >= 15 is 0 Å². The number of carbonyl (C=O) groups is 1. The highest BCUT2D eigenvalue weighted by Crippen LogP contribution is 2.21. The van der Waals surface area contributed by atoms with Crippen LogP contribution in [0.1, 0.15) is 62.3 Å². The number of aromatic nitrogens is 2. The zero-order valence-corrected chi connectivity index (χ0v) is 18.6. The highest BCUT2D eigenvalue weighted by Gasteiger charge is 2.23. The van der Waals surface area contributed by atoms with E-state index in [2.05, 4.69) is 36.1 Å². The van der Waals surface area contributed by atoms with E-state index in [1.807, 2.05) is 24.3 Å². The van der Waals surface area contributed by atoms with Crippen LogP contribution in [0.15, 0.2) is 51.9 Å². The van der Waals surface area contributed by atoms with E-state index in [9.17, 15) is 9.59 Å². The maximum atomic E-state index is 13.2. The van der Waals surface area contributed by atoms with E-state index < -0.39 is 0 Å². The molecular weight excluding hydrogens is 392 g/mol. The Balaban J connectivity index is 1.88. The average molecular weight is 425 g/mol. The van der Waals surface area contributed by atoms with Crippen molar-refractivity contribution in [1.29, 1.82) is 0 Å². The number of hydrogen-bond donors (Lipinski definition) is 1. The molecule has 3 rings (SSSR count). The molecule has 0 saturated heterocycles. The third kappa shape index (κ3) is 5.22. The minimum Gasteiger partial charge on any atom is -0.468 e. The molecule has 0 fully saturated rings. The van der Waals surface area contributed by atoms with E-state index in [0.717, 1.165) is 38.1 Å². The molecule has 31 heavy (non-hydrogen) atoms. The zero-order chi connectivity index (χ0) is 22.2. The van der Waals surface area contributed by atoms with Crippen molar-refractivity contribution in [3.05, 3.63) is 64.5 Å².